The highest BCUT2D eigenvalue weighted by Gasteiger charge is 2.13. The van der Waals surface area contributed by atoms with Gasteiger partial charge in [-0.15, -0.1) is 0 Å². The van der Waals surface area contributed by atoms with Gasteiger partial charge in [0.2, 0.25) is 0 Å². The smallest absolute Gasteiger partial charge is 0.102 e. The molecule has 1 heterocycles. The van der Waals surface area contributed by atoms with Gasteiger partial charge in [0.15, 0.2) is 0 Å². The molecule has 2 aromatic carbocycles. The van der Waals surface area contributed by atoms with Crippen LogP contribution in [0.4, 0.5) is 0 Å². The highest BCUT2D eigenvalue weighted by atomic mass is 15.0. The van der Waals surface area contributed by atoms with E-state index in [4.69, 9.17) is 5.73 Å². The summed E-state index contributed by atoms with van der Waals surface area (Å²) in [4.78, 5) is 0. The molecule has 3 aromatic rings. The monoisotopic (exact) mass is 341 g/mol. The summed E-state index contributed by atoms with van der Waals surface area (Å²) in [6, 6.07) is 19.4. The fraction of sp³-hybridized carbons (Fsp3) is 0.174. The molecule has 2 N–H and O–H groups in total. The molecule has 0 aliphatic rings. The van der Waals surface area contributed by atoms with Crippen LogP contribution in [0.2, 0.25) is 0 Å². The molecule has 0 aliphatic carbocycles. The molecule has 0 atom stereocenters. The predicted octanol–water partition coefficient (Wildman–Crippen LogP) is 5.31. The number of hydrogen-bond acceptors (Lipinski definition) is 2. The number of nitrogens with zero attached hydrogens (tertiary/aromatic N) is 2. The summed E-state index contributed by atoms with van der Waals surface area (Å²) in [5.74, 6) is 0. The van der Waals surface area contributed by atoms with Gasteiger partial charge in [0.25, 0.3) is 0 Å². The molecular formula is C23H23N3. The van der Waals surface area contributed by atoms with E-state index in [0.717, 1.165) is 22.5 Å². The zero-order valence-corrected chi connectivity index (χ0v) is 15.7. The van der Waals surface area contributed by atoms with Crippen molar-refractivity contribution in [3.05, 3.63) is 77.1 Å². The van der Waals surface area contributed by atoms with E-state index in [1.54, 1.807) is 6.08 Å². The zero-order chi connectivity index (χ0) is 18.8. The van der Waals surface area contributed by atoms with E-state index in [2.05, 4.69) is 60.0 Å². The zero-order valence-electron chi connectivity index (χ0n) is 15.7. The second-order valence-electron chi connectivity index (χ2n) is 6.58. The lowest BCUT2D eigenvalue weighted by Gasteiger charge is -2.11. The van der Waals surface area contributed by atoms with Crippen LogP contribution in [0.25, 0.3) is 27.6 Å². The van der Waals surface area contributed by atoms with Crippen LogP contribution < -0.4 is 5.73 Å². The Morgan fingerprint density at radius 2 is 1.77 bits per heavy atom. The second kappa shape index (κ2) is 6.93. The number of aromatic nitrogens is 1. The van der Waals surface area contributed by atoms with Crippen molar-refractivity contribution in [2.75, 3.05) is 0 Å². The molecule has 3 nitrogen and oxygen atoms in total. The Balaban J connectivity index is 2.11. The number of nitriles is 1. The lowest BCUT2D eigenvalue weighted by molar-refractivity contribution is 0.916. The molecule has 0 unspecified atom stereocenters. The summed E-state index contributed by atoms with van der Waals surface area (Å²) < 4.78 is 2.12. The standard InChI is InChI=1S/C23H23N3/c1-5-21(25)20(14-24)16(3)22-10-11-23(26(22)4)19-9-8-17-12-15(2)6-7-18(17)13-19/h5-13H,25H2,1-4H3/b20-16+,21-5+. The summed E-state index contributed by atoms with van der Waals surface area (Å²) in [7, 11) is 2.02. The first-order valence-electron chi connectivity index (χ1n) is 8.66. The molecular weight excluding hydrogens is 318 g/mol. The number of benzene rings is 2. The Labute approximate surface area is 154 Å². The van der Waals surface area contributed by atoms with E-state index in [0.29, 0.717) is 11.3 Å². The molecule has 0 saturated carbocycles. The number of fused-ring (bicyclic) bond motifs is 1. The summed E-state index contributed by atoms with van der Waals surface area (Å²) in [6.45, 7) is 5.89. The van der Waals surface area contributed by atoms with Gasteiger partial charge in [-0.3, -0.25) is 0 Å². The Hall–Kier alpha value is -3.25. The van der Waals surface area contributed by atoms with Crippen molar-refractivity contribution in [2.45, 2.75) is 20.8 Å². The molecule has 0 saturated heterocycles. The van der Waals surface area contributed by atoms with Gasteiger partial charge in [-0.25, -0.2) is 0 Å². The summed E-state index contributed by atoms with van der Waals surface area (Å²) >= 11 is 0. The van der Waals surface area contributed by atoms with Crippen molar-refractivity contribution in [3.8, 4) is 17.3 Å². The first-order chi connectivity index (χ1) is 12.5. The van der Waals surface area contributed by atoms with Crippen LogP contribution in [0, 0.1) is 18.3 Å². The molecule has 1 aromatic heterocycles. The first kappa shape index (κ1) is 17.6. The van der Waals surface area contributed by atoms with Gasteiger partial charge in [-0.05, 0) is 60.9 Å². The molecule has 130 valence electrons. The van der Waals surface area contributed by atoms with E-state index in [-0.39, 0.29) is 0 Å². The number of hydrogen-bond donors (Lipinski definition) is 1. The van der Waals surface area contributed by atoms with Crippen LogP contribution in [-0.4, -0.2) is 4.57 Å². The van der Waals surface area contributed by atoms with E-state index < -0.39 is 0 Å². The summed E-state index contributed by atoms with van der Waals surface area (Å²) in [5, 5.41) is 11.9. The molecule has 0 fully saturated rings. The molecule has 0 amide bonds. The van der Waals surface area contributed by atoms with E-state index in [9.17, 15) is 5.26 Å². The second-order valence-corrected chi connectivity index (χ2v) is 6.58. The lowest BCUT2D eigenvalue weighted by atomic mass is 10.0. The Morgan fingerprint density at radius 1 is 1.08 bits per heavy atom. The first-order valence-corrected chi connectivity index (χ1v) is 8.66. The number of allylic oxidation sites excluding steroid dienone is 3. The lowest BCUT2D eigenvalue weighted by Crippen LogP contribution is -2.04. The quantitative estimate of drug-likeness (QED) is 0.518. The normalized spacial score (nSPS) is 12.8. The Morgan fingerprint density at radius 3 is 2.46 bits per heavy atom. The van der Waals surface area contributed by atoms with Gasteiger partial charge in [0.05, 0.1) is 5.57 Å². The average molecular weight is 341 g/mol. The number of aryl methyl sites for hydroxylation is 1. The number of nitrogens with two attached hydrogens (primary N) is 1. The SMILES string of the molecule is C/C=C(N)\C(C#N)=C(/C)c1ccc(-c2ccc3cc(C)ccc3c2)n1C. The van der Waals surface area contributed by atoms with Gasteiger partial charge in [-0.2, -0.15) is 5.26 Å². The number of rotatable bonds is 3. The van der Waals surface area contributed by atoms with Crippen molar-refractivity contribution >= 4 is 16.3 Å². The van der Waals surface area contributed by atoms with Crippen molar-refractivity contribution in [3.63, 3.8) is 0 Å². The summed E-state index contributed by atoms with van der Waals surface area (Å²) in [6.07, 6.45) is 1.76. The van der Waals surface area contributed by atoms with Crippen molar-refractivity contribution in [2.24, 2.45) is 12.8 Å². The van der Waals surface area contributed by atoms with Gasteiger partial charge in [0.1, 0.15) is 6.07 Å². The minimum Gasteiger partial charge on any atom is -0.398 e. The molecule has 0 bridgehead atoms. The topological polar surface area (TPSA) is 54.7 Å². The molecule has 0 aliphatic heterocycles. The van der Waals surface area contributed by atoms with Crippen LogP contribution in [0.1, 0.15) is 25.1 Å². The third kappa shape index (κ3) is 3.02. The van der Waals surface area contributed by atoms with Gasteiger partial charge in [0, 0.05) is 24.1 Å². The van der Waals surface area contributed by atoms with Crippen molar-refractivity contribution < 1.29 is 0 Å². The Bertz CT molecular complexity index is 1090. The maximum atomic E-state index is 9.48. The maximum Gasteiger partial charge on any atom is 0.102 e. The fourth-order valence-electron chi connectivity index (χ4n) is 3.34. The van der Waals surface area contributed by atoms with Gasteiger partial charge in [-0.1, -0.05) is 42.0 Å². The van der Waals surface area contributed by atoms with Crippen molar-refractivity contribution in [1.29, 1.82) is 5.26 Å². The highest BCUT2D eigenvalue weighted by Crippen LogP contribution is 2.30. The average Bonchev–Trinajstić information content (AvgIpc) is 3.03. The van der Waals surface area contributed by atoms with Crippen LogP contribution in [0.5, 0.6) is 0 Å². The van der Waals surface area contributed by atoms with Gasteiger partial charge < -0.3 is 10.3 Å². The largest absolute Gasteiger partial charge is 0.398 e. The molecule has 3 rings (SSSR count). The summed E-state index contributed by atoms with van der Waals surface area (Å²) in [5.41, 5.74) is 12.4. The molecule has 0 radical (unpaired) electrons. The van der Waals surface area contributed by atoms with E-state index >= 15 is 0 Å². The highest BCUT2D eigenvalue weighted by molar-refractivity contribution is 5.88. The van der Waals surface area contributed by atoms with Crippen LogP contribution >= 0.6 is 0 Å². The molecule has 3 heteroatoms. The van der Waals surface area contributed by atoms with Crippen LogP contribution in [0.3, 0.4) is 0 Å². The Kier molecular flexibility index (Phi) is 4.69. The van der Waals surface area contributed by atoms with Crippen LogP contribution in [-0.2, 0) is 7.05 Å². The maximum absolute atomic E-state index is 9.48. The van der Waals surface area contributed by atoms with E-state index in [1.807, 2.05) is 27.0 Å². The predicted molar refractivity (Wildman–Crippen MR) is 109 cm³/mol. The third-order valence-corrected chi connectivity index (χ3v) is 4.88. The minimum atomic E-state index is 0.508. The fourth-order valence-corrected chi connectivity index (χ4v) is 3.34. The third-order valence-electron chi connectivity index (χ3n) is 4.88. The molecule has 26 heavy (non-hydrogen) atoms. The van der Waals surface area contributed by atoms with Gasteiger partial charge >= 0.3 is 0 Å². The van der Waals surface area contributed by atoms with Crippen molar-refractivity contribution in [1.82, 2.24) is 4.57 Å². The minimum absolute atomic E-state index is 0.508. The molecule has 0 spiro atoms. The van der Waals surface area contributed by atoms with Crippen LogP contribution in [0.15, 0.2) is 65.9 Å². The van der Waals surface area contributed by atoms with E-state index in [1.165, 1.54) is 16.3 Å².